The van der Waals surface area contributed by atoms with E-state index in [1.807, 2.05) is 0 Å². The first-order chi connectivity index (χ1) is 10.6. The van der Waals surface area contributed by atoms with Gasteiger partial charge in [0.05, 0.1) is 17.8 Å². The van der Waals surface area contributed by atoms with Gasteiger partial charge in [-0.05, 0) is 24.3 Å². The van der Waals surface area contributed by atoms with Crippen molar-refractivity contribution in [3.8, 4) is 5.75 Å². The lowest BCUT2D eigenvalue weighted by Gasteiger charge is -2.08. The molecule has 0 saturated carbocycles. The molecule has 2 amide bonds. The van der Waals surface area contributed by atoms with Gasteiger partial charge in [-0.15, -0.1) is 0 Å². The summed E-state index contributed by atoms with van der Waals surface area (Å²) in [6.45, 7) is 0. The second-order valence-electron chi connectivity index (χ2n) is 4.48. The average molecular weight is 319 g/mol. The van der Waals surface area contributed by atoms with Crippen molar-refractivity contribution in [1.29, 1.82) is 0 Å². The van der Waals surface area contributed by atoms with Gasteiger partial charge in [0, 0.05) is 11.8 Å². The Labute approximate surface area is 133 Å². The minimum Gasteiger partial charge on any atom is -0.497 e. The van der Waals surface area contributed by atoms with Crippen molar-refractivity contribution in [3.63, 3.8) is 0 Å². The van der Waals surface area contributed by atoms with Gasteiger partial charge < -0.3 is 15.4 Å². The van der Waals surface area contributed by atoms with Gasteiger partial charge in [0.1, 0.15) is 12.2 Å². The summed E-state index contributed by atoms with van der Waals surface area (Å²) in [4.78, 5) is 23.7. The third kappa shape index (κ3) is 4.49. The quantitative estimate of drug-likeness (QED) is 0.831. The summed E-state index contributed by atoms with van der Waals surface area (Å²) in [6, 6.07) is 13.7. The predicted octanol–water partition coefficient (Wildman–Crippen LogP) is 3.32. The van der Waals surface area contributed by atoms with Crippen LogP contribution in [-0.4, -0.2) is 18.9 Å². The van der Waals surface area contributed by atoms with Gasteiger partial charge in [0.15, 0.2) is 0 Å². The summed E-state index contributed by atoms with van der Waals surface area (Å²) in [7, 11) is 1.54. The Morgan fingerprint density at radius 3 is 2.50 bits per heavy atom. The van der Waals surface area contributed by atoms with Crippen LogP contribution in [0.5, 0.6) is 5.75 Å². The summed E-state index contributed by atoms with van der Waals surface area (Å²) in [6.07, 6.45) is -0.303. The Bertz CT molecular complexity index is 689. The third-order valence-corrected chi connectivity index (χ3v) is 3.15. The molecule has 2 aromatic carbocycles. The van der Waals surface area contributed by atoms with E-state index in [0.29, 0.717) is 22.1 Å². The number of carbonyl (C=O) groups excluding carboxylic acids is 2. The molecule has 0 saturated heterocycles. The molecule has 114 valence electrons. The second kappa shape index (κ2) is 7.47. The maximum Gasteiger partial charge on any atom is 0.233 e. The third-order valence-electron chi connectivity index (χ3n) is 2.82. The van der Waals surface area contributed by atoms with Gasteiger partial charge in [-0.25, -0.2) is 0 Å². The first-order valence-corrected chi connectivity index (χ1v) is 6.94. The molecule has 2 N–H and O–H groups in total. The number of amides is 2. The van der Waals surface area contributed by atoms with Gasteiger partial charge in [0.2, 0.25) is 11.8 Å². The molecule has 6 heteroatoms. The zero-order valence-corrected chi connectivity index (χ0v) is 12.7. The lowest BCUT2D eigenvalue weighted by molar-refractivity contribution is -0.123. The lowest BCUT2D eigenvalue weighted by Crippen LogP contribution is -2.21. The van der Waals surface area contributed by atoms with Crippen LogP contribution in [0.3, 0.4) is 0 Å². The topological polar surface area (TPSA) is 67.4 Å². The number of para-hydroxylation sites is 1. The summed E-state index contributed by atoms with van der Waals surface area (Å²) in [5.74, 6) is -0.232. The summed E-state index contributed by atoms with van der Waals surface area (Å²) >= 11 is 5.94. The van der Waals surface area contributed by atoms with Gasteiger partial charge in [-0.3, -0.25) is 9.59 Å². The van der Waals surface area contributed by atoms with Crippen LogP contribution >= 0.6 is 11.6 Å². The molecule has 0 unspecified atom stereocenters. The monoisotopic (exact) mass is 318 g/mol. The summed E-state index contributed by atoms with van der Waals surface area (Å²) in [5.41, 5.74) is 1.04. The molecule has 2 aromatic rings. The lowest BCUT2D eigenvalue weighted by atomic mass is 10.2. The van der Waals surface area contributed by atoms with Crippen molar-refractivity contribution in [2.24, 2.45) is 0 Å². The maximum absolute atomic E-state index is 11.9. The van der Waals surface area contributed by atoms with E-state index in [1.54, 1.807) is 48.5 Å². The van der Waals surface area contributed by atoms with E-state index in [0.717, 1.165) is 0 Å². The number of methoxy groups -OCH3 is 1. The highest BCUT2D eigenvalue weighted by Gasteiger charge is 2.11. The molecule has 0 atom stereocenters. The Hall–Kier alpha value is -2.53. The number of ether oxygens (including phenoxy) is 1. The number of carbonyl (C=O) groups is 2. The van der Waals surface area contributed by atoms with Crippen LogP contribution in [0.2, 0.25) is 5.02 Å². The average Bonchev–Trinajstić information content (AvgIpc) is 2.49. The maximum atomic E-state index is 11.9. The van der Waals surface area contributed by atoms with Crippen LogP contribution in [0.1, 0.15) is 6.42 Å². The number of benzene rings is 2. The van der Waals surface area contributed by atoms with E-state index < -0.39 is 11.8 Å². The highest BCUT2D eigenvalue weighted by Crippen LogP contribution is 2.20. The van der Waals surface area contributed by atoms with Crippen molar-refractivity contribution in [2.45, 2.75) is 6.42 Å². The minimum absolute atomic E-state index is 0.303. The van der Waals surface area contributed by atoms with Crippen molar-refractivity contribution >= 4 is 34.8 Å². The molecule has 0 radical (unpaired) electrons. The molecular formula is C16H15ClN2O3. The molecule has 0 bridgehead atoms. The molecule has 22 heavy (non-hydrogen) atoms. The van der Waals surface area contributed by atoms with Crippen LogP contribution in [0.4, 0.5) is 11.4 Å². The fraction of sp³-hybridized carbons (Fsp3) is 0.125. The normalized spacial score (nSPS) is 9.91. The van der Waals surface area contributed by atoms with E-state index in [-0.39, 0.29) is 6.42 Å². The van der Waals surface area contributed by atoms with Crippen molar-refractivity contribution in [1.82, 2.24) is 0 Å². The van der Waals surface area contributed by atoms with E-state index in [9.17, 15) is 9.59 Å². The van der Waals surface area contributed by atoms with E-state index in [1.165, 1.54) is 7.11 Å². The van der Waals surface area contributed by atoms with Crippen molar-refractivity contribution in [2.75, 3.05) is 17.7 Å². The second-order valence-corrected chi connectivity index (χ2v) is 4.89. The van der Waals surface area contributed by atoms with Crippen LogP contribution in [0.15, 0.2) is 48.5 Å². The molecule has 0 spiro atoms. The number of halogens is 1. The van der Waals surface area contributed by atoms with Gasteiger partial charge in [-0.2, -0.15) is 0 Å². The molecule has 5 nitrogen and oxygen atoms in total. The molecule has 0 aliphatic carbocycles. The number of hydrogen-bond donors (Lipinski definition) is 2. The highest BCUT2D eigenvalue weighted by atomic mass is 35.5. The number of hydrogen-bond acceptors (Lipinski definition) is 3. The molecule has 2 rings (SSSR count). The molecule has 0 fully saturated rings. The minimum atomic E-state index is -0.437. The first-order valence-electron chi connectivity index (χ1n) is 6.57. The van der Waals surface area contributed by atoms with Gasteiger partial charge >= 0.3 is 0 Å². The first kappa shape index (κ1) is 15.9. The number of rotatable bonds is 5. The standard InChI is InChI=1S/C16H15ClN2O3/c1-22-12-6-4-5-11(9-12)18-15(20)10-16(21)19-14-8-3-2-7-13(14)17/h2-9H,10H2,1H3,(H,18,20)(H,19,21). The van der Waals surface area contributed by atoms with Crippen LogP contribution in [0, 0.1) is 0 Å². The van der Waals surface area contributed by atoms with Crippen molar-refractivity contribution in [3.05, 3.63) is 53.6 Å². The molecule has 0 aliphatic heterocycles. The van der Waals surface area contributed by atoms with Gasteiger partial charge in [-0.1, -0.05) is 29.8 Å². The summed E-state index contributed by atoms with van der Waals surface area (Å²) in [5, 5.41) is 5.65. The Morgan fingerprint density at radius 2 is 1.77 bits per heavy atom. The SMILES string of the molecule is COc1cccc(NC(=O)CC(=O)Nc2ccccc2Cl)c1. The fourth-order valence-electron chi connectivity index (χ4n) is 1.81. The van der Waals surface area contributed by atoms with Crippen LogP contribution in [-0.2, 0) is 9.59 Å². The molecule has 0 heterocycles. The highest BCUT2D eigenvalue weighted by molar-refractivity contribution is 6.33. The summed E-state index contributed by atoms with van der Waals surface area (Å²) < 4.78 is 5.06. The molecule has 0 aliphatic rings. The number of anilines is 2. The Morgan fingerprint density at radius 1 is 1.05 bits per heavy atom. The van der Waals surface area contributed by atoms with Crippen LogP contribution in [0.25, 0.3) is 0 Å². The molecular weight excluding hydrogens is 304 g/mol. The number of nitrogens with one attached hydrogen (secondary N) is 2. The Balaban J connectivity index is 1.91. The zero-order valence-electron chi connectivity index (χ0n) is 11.9. The smallest absolute Gasteiger partial charge is 0.233 e. The fourth-order valence-corrected chi connectivity index (χ4v) is 1.99. The predicted molar refractivity (Wildman–Crippen MR) is 86.3 cm³/mol. The Kier molecular flexibility index (Phi) is 5.38. The van der Waals surface area contributed by atoms with Crippen molar-refractivity contribution < 1.29 is 14.3 Å². The molecule has 0 aromatic heterocycles. The zero-order chi connectivity index (χ0) is 15.9. The van der Waals surface area contributed by atoms with Gasteiger partial charge in [0.25, 0.3) is 0 Å². The van der Waals surface area contributed by atoms with E-state index >= 15 is 0 Å². The van der Waals surface area contributed by atoms with E-state index in [2.05, 4.69) is 10.6 Å². The largest absolute Gasteiger partial charge is 0.497 e. The van der Waals surface area contributed by atoms with Crippen LogP contribution < -0.4 is 15.4 Å². The van der Waals surface area contributed by atoms with E-state index in [4.69, 9.17) is 16.3 Å².